The largest absolute Gasteiger partial charge is 0.466 e. The average molecular weight is 224 g/mol. The van der Waals surface area contributed by atoms with Crippen LogP contribution in [0.3, 0.4) is 0 Å². The van der Waals surface area contributed by atoms with Gasteiger partial charge >= 0.3 is 5.97 Å². The molecule has 0 N–H and O–H groups in total. The molecule has 1 saturated carbocycles. The highest BCUT2D eigenvalue weighted by Gasteiger charge is 2.22. The minimum Gasteiger partial charge on any atom is -0.466 e. The minimum absolute atomic E-state index is 0.0251. The van der Waals surface area contributed by atoms with Gasteiger partial charge in [-0.25, -0.2) is 0 Å². The molecule has 0 bridgehead atoms. The zero-order valence-electron chi connectivity index (χ0n) is 10.2. The lowest BCUT2D eigenvalue weighted by Gasteiger charge is -2.23. The molecule has 0 aromatic heterocycles. The maximum absolute atomic E-state index is 11.2. The highest BCUT2D eigenvalue weighted by atomic mass is 16.5. The third kappa shape index (κ3) is 3.80. The molecule has 2 rings (SSSR count). The van der Waals surface area contributed by atoms with Crippen molar-refractivity contribution in [1.82, 2.24) is 0 Å². The van der Waals surface area contributed by atoms with Crippen molar-refractivity contribution in [3.05, 3.63) is 0 Å². The number of carbonyl (C=O) groups is 1. The van der Waals surface area contributed by atoms with Gasteiger partial charge in [0.1, 0.15) is 0 Å². The molecule has 1 aliphatic heterocycles. The monoisotopic (exact) mass is 224 g/mol. The van der Waals surface area contributed by atoms with Gasteiger partial charge in [-0.1, -0.05) is 44.9 Å². The van der Waals surface area contributed by atoms with Gasteiger partial charge in [-0.3, -0.25) is 4.79 Å². The van der Waals surface area contributed by atoms with Gasteiger partial charge in [-0.2, -0.15) is 0 Å². The SMILES string of the molecule is O=C1CC(CCC2CCCCCC2)CCO1. The first kappa shape index (κ1) is 11.9. The molecule has 0 aromatic rings. The Labute approximate surface area is 98.7 Å². The van der Waals surface area contributed by atoms with Crippen LogP contribution in [0.5, 0.6) is 0 Å². The van der Waals surface area contributed by atoms with Gasteiger partial charge in [-0.15, -0.1) is 0 Å². The van der Waals surface area contributed by atoms with E-state index in [-0.39, 0.29) is 5.97 Å². The van der Waals surface area contributed by atoms with Gasteiger partial charge in [0, 0.05) is 6.42 Å². The van der Waals surface area contributed by atoms with E-state index < -0.39 is 0 Å². The van der Waals surface area contributed by atoms with Crippen LogP contribution in [0.15, 0.2) is 0 Å². The summed E-state index contributed by atoms with van der Waals surface area (Å²) < 4.78 is 4.98. The summed E-state index contributed by atoms with van der Waals surface area (Å²) in [5.74, 6) is 1.59. The van der Waals surface area contributed by atoms with Gasteiger partial charge < -0.3 is 4.74 Å². The molecule has 1 unspecified atom stereocenters. The summed E-state index contributed by atoms with van der Waals surface area (Å²) in [5, 5.41) is 0. The fourth-order valence-electron chi connectivity index (χ4n) is 3.11. The number of hydrogen-bond acceptors (Lipinski definition) is 2. The topological polar surface area (TPSA) is 26.3 Å². The van der Waals surface area contributed by atoms with E-state index >= 15 is 0 Å². The molecule has 2 aliphatic rings. The van der Waals surface area contributed by atoms with E-state index in [0.29, 0.717) is 18.9 Å². The summed E-state index contributed by atoms with van der Waals surface area (Å²) in [6.07, 6.45) is 12.9. The zero-order valence-corrected chi connectivity index (χ0v) is 10.2. The van der Waals surface area contributed by atoms with Crippen molar-refractivity contribution >= 4 is 5.97 Å². The van der Waals surface area contributed by atoms with Crippen molar-refractivity contribution in [1.29, 1.82) is 0 Å². The van der Waals surface area contributed by atoms with Crippen molar-refractivity contribution in [3.8, 4) is 0 Å². The van der Waals surface area contributed by atoms with Crippen molar-refractivity contribution in [3.63, 3.8) is 0 Å². The van der Waals surface area contributed by atoms with Crippen molar-refractivity contribution in [2.45, 2.75) is 64.2 Å². The van der Waals surface area contributed by atoms with Crippen LogP contribution in [0.25, 0.3) is 0 Å². The van der Waals surface area contributed by atoms with Gasteiger partial charge in [0.15, 0.2) is 0 Å². The predicted octanol–water partition coefficient (Wildman–Crippen LogP) is 3.69. The van der Waals surface area contributed by atoms with Crippen LogP contribution in [0.4, 0.5) is 0 Å². The quantitative estimate of drug-likeness (QED) is 0.540. The van der Waals surface area contributed by atoms with E-state index in [1.807, 2.05) is 0 Å². The molecule has 92 valence electrons. The molecule has 2 nitrogen and oxygen atoms in total. The molecule has 0 aromatic carbocycles. The van der Waals surface area contributed by atoms with Crippen LogP contribution < -0.4 is 0 Å². The second-order valence-electron chi connectivity index (χ2n) is 5.51. The molecule has 1 atom stereocenters. The molecular formula is C14H24O2. The van der Waals surface area contributed by atoms with E-state index in [1.165, 1.54) is 51.4 Å². The highest BCUT2D eigenvalue weighted by Crippen LogP contribution is 2.30. The van der Waals surface area contributed by atoms with Gasteiger partial charge in [0.05, 0.1) is 6.61 Å². The lowest BCUT2D eigenvalue weighted by atomic mass is 9.87. The minimum atomic E-state index is 0.0251. The zero-order chi connectivity index (χ0) is 11.2. The predicted molar refractivity (Wildman–Crippen MR) is 64.1 cm³/mol. The van der Waals surface area contributed by atoms with Crippen molar-refractivity contribution in [2.75, 3.05) is 6.61 Å². The van der Waals surface area contributed by atoms with Crippen LogP contribution in [-0.2, 0) is 9.53 Å². The van der Waals surface area contributed by atoms with E-state index in [9.17, 15) is 4.79 Å². The Morgan fingerprint density at radius 1 is 0.938 bits per heavy atom. The van der Waals surface area contributed by atoms with Gasteiger partial charge in [0.2, 0.25) is 0 Å². The molecule has 16 heavy (non-hydrogen) atoms. The fourth-order valence-corrected chi connectivity index (χ4v) is 3.11. The Morgan fingerprint density at radius 3 is 2.31 bits per heavy atom. The fraction of sp³-hybridized carbons (Fsp3) is 0.929. The highest BCUT2D eigenvalue weighted by molar-refractivity contribution is 5.70. The smallest absolute Gasteiger partial charge is 0.306 e. The Balaban J connectivity index is 1.67. The van der Waals surface area contributed by atoms with Crippen LogP contribution in [0.1, 0.15) is 64.2 Å². The van der Waals surface area contributed by atoms with E-state index in [0.717, 1.165) is 12.3 Å². The summed E-state index contributed by atoms with van der Waals surface area (Å²) in [6, 6.07) is 0. The van der Waals surface area contributed by atoms with Gasteiger partial charge in [0.25, 0.3) is 0 Å². The number of esters is 1. The third-order valence-electron chi connectivity index (χ3n) is 4.20. The van der Waals surface area contributed by atoms with E-state index in [4.69, 9.17) is 4.74 Å². The molecule has 0 radical (unpaired) electrons. The summed E-state index contributed by atoms with van der Waals surface area (Å²) >= 11 is 0. The summed E-state index contributed by atoms with van der Waals surface area (Å²) in [4.78, 5) is 11.2. The van der Waals surface area contributed by atoms with Gasteiger partial charge in [-0.05, 0) is 24.7 Å². The number of rotatable bonds is 3. The maximum Gasteiger partial charge on any atom is 0.306 e. The third-order valence-corrected chi connectivity index (χ3v) is 4.20. The Morgan fingerprint density at radius 2 is 1.62 bits per heavy atom. The summed E-state index contributed by atoms with van der Waals surface area (Å²) in [5.41, 5.74) is 0. The van der Waals surface area contributed by atoms with Crippen LogP contribution in [0.2, 0.25) is 0 Å². The lowest BCUT2D eigenvalue weighted by molar-refractivity contribution is -0.149. The number of ether oxygens (including phenoxy) is 1. The molecule has 1 heterocycles. The Hall–Kier alpha value is -0.530. The first-order chi connectivity index (χ1) is 7.84. The average Bonchev–Trinajstić information content (AvgIpc) is 2.55. The molecule has 0 amide bonds. The number of hydrogen-bond donors (Lipinski definition) is 0. The van der Waals surface area contributed by atoms with E-state index in [2.05, 4.69) is 0 Å². The number of cyclic esters (lactones) is 1. The second-order valence-corrected chi connectivity index (χ2v) is 5.51. The van der Waals surface area contributed by atoms with Crippen molar-refractivity contribution in [2.24, 2.45) is 11.8 Å². The Bertz CT molecular complexity index is 217. The summed E-state index contributed by atoms with van der Waals surface area (Å²) in [7, 11) is 0. The maximum atomic E-state index is 11.2. The molecule has 2 fully saturated rings. The molecule has 1 saturated heterocycles. The van der Waals surface area contributed by atoms with Crippen LogP contribution in [0, 0.1) is 11.8 Å². The first-order valence-electron chi connectivity index (χ1n) is 7.00. The van der Waals surface area contributed by atoms with Crippen LogP contribution >= 0.6 is 0 Å². The molecule has 0 spiro atoms. The molecule has 1 aliphatic carbocycles. The van der Waals surface area contributed by atoms with Crippen LogP contribution in [-0.4, -0.2) is 12.6 Å². The summed E-state index contributed by atoms with van der Waals surface area (Å²) in [6.45, 7) is 0.661. The standard InChI is InChI=1S/C14H24O2/c15-14-11-13(9-10-16-14)8-7-12-5-3-1-2-4-6-12/h12-13H,1-11H2. The number of carbonyl (C=O) groups excluding carboxylic acids is 1. The molecule has 2 heteroatoms. The lowest BCUT2D eigenvalue weighted by Crippen LogP contribution is -2.21. The molecular weight excluding hydrogens is 200 g/mol. The van der Waals surface area contributed by atoms with Crippen molar-refractivity contribution < 1.29 is 9.53 Å². The first-order valence-corrected chi connectivity index (χ1v) is 7.00. The van der Waals surface area contributed by atoms with E-state index in [1.54, 1.807) is 0 Å². The Kier molecular flexibility index (Phi) is 4.68. The normalized spacial score (nSPS) is 28.5. The second kappa shape index (κ2) is 6.27.